The maximum absolute atomic E-state index is 5.03. The van der Waals surface area contributed by atoms with Crippen LogP contribution in [0.15, 0.2) is 24.0 Å². The second kappa shape index (κ2) is 12.2. The van der Waals surface area contributed by atoms with Gasteiger partial charge in [-0.2, -0.15) is 0 Å². The molecule has 1 aromatic heterocycles. The Bertz CT molecular complexity index is 256. The summed E-state index contributed by atoms with van der Waals surface area (Å²) in [6, 6.07) is 2.10. The Balaban J connectivity index is 0. The zero-order valence-electron chi connectivity index (χ0n) is 9.33. The molecule has 1 aromatic rings. The zero-order valence-corrected chi connectivity index (χ0v) is 13.1. The monoisotopic (exact) mass is 427 g/mol. The molecule has 1 heterocycles. The molecule has 4 heteroatoms. The average molecular weight is 428 g/mol. The molecule has 90 valence electrons. The van der Waals surface area contributed by atoms with E-state index in [1.807, 2.05) is 40.1 Å². The van der Waals surface area contributed by atoms with Crippen LogP contribution in [0.5, 0.6) is 0 Å². The molecule has 0 saturated carbocycles. The van der Waals surface area contributed by atoms with Crippen molar-refractivity contribution < 1.29 is 16.5 Å². The summed E-state index contributed by atoms with van der Waals surface area (Å²) < 4.78 is 0. The summed E-state index contributed by atoms with van der Waals surface area (Å²) in [5.41, 5.74) is 3.37. The van der Waals surface area contributed by atoms with Gasteiger partial charge < -0.3 is 6.58 Å². The molecule has 0 N–H and O–H groups in total. The van der Waals surface area contributed by atoms with Crippen LogP contribution in [0.4, 0.5) is 0 Å². The molecule has 0 fully saturated rings. The summed E-state index contributed by atoms with van der Waals surface area (Å²) >= 11 is -0.472. The number of hydrogen-bond acceptors (Lipinski definition) is 1. The van der Waals surface area contributed by atoms with E-state index in [0.29, 0.717) is 0 Å². The number of hydrogen-bond donors (Lipinski definition) is 0. The quantitative estimate of drug-likeness (QED) is 0.557. The summed E-state index contributed by atoms with van der Waals surface area (Å²) in [4.78, 5) is 3.98. The van der Waals surface area contributed by atoms with Gasteiger partial charge in [-0.15, -0.1) is 0 Å². The van der Waals surface area contributed by atoms with Crippen LogP contribution in [-0.2, 0) is 16.5 Å². The van der Waals surface area contributed by atoms with Crippen LogP contribution in [0, 0.1) is 20.4 Å². The van der Waals surface area contributed by atoms with E-state index in [1.165, 1.54) is 11.1 Å². The molecule has 0 saturated heterocycles. The molecule has 0 bridgehead atoms. The van der Waals surface area contributed by atoms with Gasteiger partial charge in [0.15, 0.2) is 0 Å². The van der Waals surface area contributed by atoms with Gasteiger partial charge in [-0.25, -0.2) is 0 Å². The summed E-state index contributed by atoms with van der Waals surface area (Å²) in [5, 5.41) is 0. The molecule has 0 atom stereocenters. The molecule has 0 radical (unpaired) electrons. The molecule has 1 nitrogen and oxygen atoms in total. The van der Waals surface area contributed by atoms with E-state index in [0.717, 1.165) is 5.57 Å². The minimum absolute atomic E-state index is 0.472. The fourth-order valence-electron chi connectivity index (χ4n) is 0.706. The zero-order chi connectivity index (χ0) is 12.3. The van der Waals surface area contributed by atoms with Crippen LogP contribution < -0.4 is 0 Å². The SMILES string of the molecule is Cc1cncc(C)c1.[CH-]=C(C)C.[Cl][Pt][Cl]. The Hall–Kier alpha value is 0.158. The van der Waals surface area contributed by atoms with Crippen molar-refractivity contribution in [1.29, 1.82) is 0 Å². The van der Waals surface area contributed by atoms with E-state index in [2.05, 4.69) is 11.1 Å². The van der Waals surface area contributed by atoms with E-state index < -0.39 is 16.5 Å². The predicted molar refractivity (Wildman–Crippen MR) is 64.6 cm³/mol. The van der Waals surface area contributed by atoms with Gasteiger partial charge in [0.2, 0.25) is 0 Å². The number of halogens is 2. The normalized spacial score (nSPS) is 8.13. The van der Waals surface area contributed by atoms with Crippen LogP contribution in [-0.4, -0.2) is 4.98 Å². The van der Waals surface area contributed by atoms with Gasteiger partial charge in [0.25, 0.3) is 0 Å². The second-order valence-electron chi connectivity index (χ2n) is 3.16. The molecule has 0 aliphatic heterocycles. The molecule has 1 rings (SSSR count). The van der Waals surface area contributed by atoms with Crippen molar-refractivity contribution >= 4 is 18.8 Å². The first-order valence-corrected chi connectivity index (χ1v) is 9.83. The topological polar surface area (TPSA) is 12.9 Å². The van der Waals surface area contributed by atoms with Crippen molar-refractivity contribution in [3.05, 3.63) is 41.7 Å². The molecule has 0 aromatic carbocycles. The molecule has 0 aliphatic carbocycles. The van der Waals surface area contributed by atoms with Gasteiger partial charge in [0.05, 0.1) is 0 Å². The molecule has 15 heavy (non-hydrogen) atoms. The molecule has 0 unspecified atom stereocenters. The summed E-state index contributed by atoms with van der Waals surface area (Å²) in [6.45, 7) is 12.8. The van der Waals surface area contributed by atoms with Gasteiger partial charge in [-0.1, -0.05) is 19.9 Å². The molecular weight excluding hydrogens is 412 g/mol. The second-order valence-corrected chi connectivity index (χ2v) is 6.44. The van der Waals surface area contributed by atoms with Crippen LogP contribution >= 0.6 is 18.8 Å². The third-order valence-electron chi connectivity index (χ3n) is 1.01. The Kier molecular flexibility index (Phi) is 14.3. The van der Waals surface area contributed by atoms with Crippen LogP contribution in [0.25, 0.3) is 0 Å². The Morgan fingerprint density at radius 2 is 1.47 bits per heavy atom. The van der Waals surface area contributed by atoms with E-state index in [-0.39, 0.29) is 0 Å². The van der Waals surface area contributed by atoms with Gasteiger partial charge >= 0.3 is 35.3 Å². The van der Waals surface area contributed by atoms with E-state index >= 15 is 0 Å². The number of aromatic nitrogens is 1. The number of pyridine rings is 1. The Morgan fingerprint density at radius 3 is 1.60 bits per heavy atom. The van der Waals surface area contributed by atoms with Gasteiger partial charge in [-0.05, 0) is 25.0 Å². The van der Waals surface area contributed by atoms with E-state index in [9.17, 15) is 0 Å². The Labute approximate surface area is 109 Å². The van der Waals surface area contributed by atoms with Crippen molar-refractivity contribution in [3.63, 3.8) is 0 Å². The first-order valence-electron chi connectivity index (χ1n) is 4.20. The average Bonchev–Trinajstić information content (AvgIpc) is 2.03. The third-order valence-corrected chi connectivity index (χ3v) is 1.01. The number of rotatable bonds is 0. The van der Waals surface area contributed by atoms with Crippen LogP contribution in [0.3, 0.4) is 0 Å². The molecule has 0 amide bonds. The minimum atomic E-state index is -0.472. The van der Waals surface area contributed by atoms with Gasteiger partial charge in [0.1, 0.15) is 0 Å². The van der Waals surface area contributed by atoms with E-state index in [4.69, 9.17) is 25.4 Å². The van der Waals surface area contributed by atoms with Crippen LogP contribution in [0.2, 0.25) is 0 Å². The van der Waals surface area contributed by atoms with Gasteiger partial charge in [-0.3, -0.25) is 10.6 Å². The van der Waals surface area contributed by atoms with E-state index in [1.54, 1.807) is 0 Å². The number of aryl methyl sites for hydroxylation is 2. The van der Waals surface area contributed by atoms with Crippen molar-refractivity contribution in [3.8, 4) is 0 Å². The van der Waals surface area contributed by atoms with Crippen molar-refractivity contribution in [2.75, 3.05) is 0 Å². The van der Waals surface area contributed by atoms with Crippen molar-refractivity contribution in [1.82, 2.24) is 4.98 Å². The number of allylic oxidation sites excluding steroid dienone is 1. The predicted octanol–water partition coefficient (Wildman–Crippen LogP) is 4.46. The van der Waals surface area contributed by atoms with Crippen molar-refractivity contribution in [2.24, 2.45) is 0 Å². The Morgan fingerprint density at radius 1 is 1.20 bits per heavy atom. The number of nitrogens with zero attached hydrogens (tertiary/aromatic N) is 1. The summed E-state index contributed by atoms with van der Waals surface area (Å²) in [6.07, 6.45) is 3.71. The standard InChI is InChI=1S/C7H9N.C4H7.2ClH.Pt/c1-6-3-7(2)5-8-4-6;1-4(2)3;;;/h3-5H,1-2H3;1H,2-3H3;2*1H;/q;-1;;;+2/p-2. The fourth-order valence-corrected chi connectivity index (χ4v) is 0.706. The maximum atomic E-state index is 5.03. The third kappa shape index (κ3) is 20.3. The first kappa shape index (κ1) is 17.5. The summed E-state index contributed by atoms with van der Waals surface area (Å²) in [7, 11) is 9.75. The van der Waals surface area contributed by atoms with Gasteiger partial charge in [0, 0.05) is 12.4 Å². The molecular formula is C11H16Cl2NPt-. The fraction of sp³-hybridized carbons (Fsp3) is 0.364. The van der Waals surface area contributed by atoms with Crippen LogP contribution in [0.1, 0.15) is 25.0 Å². The molecule has 0 spiro atoms. The molecule has 0 aliphatic rings. The summed E-state index contributed by atoms with van der Waals surface area (Å²) in [5.74, 6) is 0. The first-order chi connectivity index (χ1) is 6.93. The van der Waals surface area contributed by atoms with Crippen molar-refractivity contribution in [2.45, 2.75) is 27.7 Å².